The smallest absolute Gasteiger partial charge is 0.193 e. The number of hydrazine groups is 1. The van der Waals surface area contributed by atoms with Crippen LogP contribution in [0.4, 0.5) is 0 Å². The first kappa shape index (κ1) is 13.6. The number of halogens is 1. The van der Waals surface area contributed by atoms with Gasteiger partial charge < -0.3 is 0 Å². The van der Waals surface area contributed by atoms with Gasteiger partial charge in [-0.3, -0.25) is 15.7 Å². The number of aromatic nitrogens is 2. The van der Waals surface area contributed by atoms with Crippen molar-refractivity contribution in [3.63, 3.8) is 0 Å². The topological polar surface area (TPSA) is 55.3 Å². The van der Waals surface area contributed by atoms with E-state index in [2.05, 4.69) is 16.5 Å². The van der Waals surface area contributed by atoms with Crippen LogP contribution in [0.5, 0.6) is 0 Å². The average molecular weight is 307 g/mol. The molecule has 0 aliphatic carbocycles. The number of nitrogens with one attached hydrogen (secondary N) is 1. The summed E-state index contributed by atoms with van der Waals surface area (Å²) in [5.74, 6) is 5.70. The van der Waals surface area contributed by atoms with Gasteiger partial charge in [0, 0.05) is 29.2 Å². The molecule has 3 aromatic rings. The summed E-state index contributed by atoms with van der Waals surface area (Å²) in [5, 5.41) is 2.79. The molecule has 0 bridgehead atoms. The number of nitrogens with zero attached hydrogens (tertiary/aromatic N) is 2. The molecule has 0 saturated carbocycles. The van der Waals surface area contributed by atoms with Gasteiger partial charge in [0.25, 0.3) is 0 Å². The minimum Gasteiger partial charge on any atom is -0.297 e. The zero-order chi connectivity index (χ0) is 14.1. The van der Waals surface area contributed by atoms with E-state index in [0.29, 0.717) is 0 Å². The lowest BCUT2D eigenvalue weighted by atomic mass is 10.0. The van der Waals surface area contributed by atoms with Crippen molar-refractivity contribution < 1.29 is 0 Å². The summed E-state index contributed by atoms with van der Waals surface area (Å²) >= 11 is 7.69. The standard InChI is InChI=1S/C14H15ClN4S/c1-9-6-10(2-3-12(9)15)13(18-16)7-11-8-19-4-5-20-14(19)17-11/h2-6,8,13,18H,7,16H2,1H3. The Hall–Kier alpha value is -1.40. The average Bonchev–Trinajstić information content (AvgIpc) is 3.00. The van der Waals surface area contributed by atoms with Crippen molar-refractivity contribution in [1.82, 2.24) is 14.8 Å². The number of aryl methyl sites for hydroxylation is 1. The van der Waals surface area contributed by atoms with Crippen LogP contribution in [0.15, 0.2) is 36.0 Å². The fourth-order valence-corrected chi connectivity index (χ4v) is 3.08. The molecule has 1 atom stereocenters. The van der Waals surface area contributed by atoms with Gasteiger partial charge >= 0.3 is 0 Å². The molecule has 1 unspecified atom stereocenters. The summed E-state index contributed by atoms with van der Waals surface area (Å²) in [6, 6.07) is 5.99. The first-order valence-corrected chi connectivity index (χ1v) is 7.56. The van der Waals surface area contributed by atoms with Crippen molar-refractivity contribution in [1.29, 1.82) is 0 Å². The lowest BCUT2D eigenvalue weighted by Gasteiger charge is -2.16. The zero-order valence-electron chi connectivity index (χ0n) is 11.0. The Morgan fingerprint density at radius 1 is 1.50 bits per heavy atom. The number of nitrogens with two attached hydrogens (primary N) is 1. The van der Waals surface area contributed by atoms with Crippen LogP contribution in [-0.4, -0.2) is 9.38 Å². The molecule has 2 aromatic heterocycles. The van der Waals surface area contributed by atoms with Crippen molar-refractivity contribution in [2.75, 3.05) is 0 Å². The summed E-state index contributed by atoms with van der Waals surface area (Å²) in [6.45, 7) is 1.99. The molecule has 4 nitrogen and oxygen atoms in total. The van der Waals surface area contributed by atoms with E-state index >= 15 is 0 Å². The normalized spacial score (nSPS) is 12.9. The second kappa shape index (κ2) is 5.54. The number of hydrogen-bond acceptors (Lipinski definition) is 4. The Morgan fingerprint density at radius 2 is 2.35 bits per heavy atom. The molecule has 0 spiro atoms. The van der Waals surface area contributed by atoms with E-state index in [1.807, 2.05) is 41.2 Å². The fraction of sp³-hybridized carbons (Fsp3) is 0.214. The second-order valence-electron chi connectivity index (χ2n) is 4.76. The monoisotopic (exact) mass is 306 g/mol. The first-order valence-electron chi connectivity index (χ1n) is 6.30. The molecule has 0 amide bonds. The molecule has 0 radical (unpaired) electrons. The molecule has 0 saturated heterocycles. The fourth-order valence-electron chi connectivity index (χ4n) is 2.24. The number of thiazole rings is 1. The van der Waals surface area contributed by atoms with Crippen LogP contribution >= 0.6 is 22.9 Å². The number of imidazole rings is 1. The van der Waals surface area contributed by atoms with Gasteiger partial charge in [0.2, 0.25) is 0 Å². The number of rotatable bonds is 4. The Balaban J connectivity index is 1.85. The first-order chi connectivity index (χ1) is 9.67. The highest BCUT2D eigenvalue weighted by atomic mass is 35.5. The summed E-state index contributed by atoms with van der Waals surface area (Å²) in [5.41, 5.74) is 6.05. The van der Waals surface area contributed by atoms with E-state index in [-0.39, 0.29) is 6.04 Å². The SMILES string of the molecule is Cc1cc(C(Cc2cn3ccsc3n2)NN)ccc1Cl. The number of benzene rings is 1. The highest BCUT2D eigenvalue weighted by Gasteiger charge is 2.14. The lowest BCUT2D eigenvalue weighted by molar-refractivity contribution is 0.547. The van der Waals surface area contributed by atoms with E-state index in [1.54, 1.807) is 11.3 Å². The summed E-state index contributed by atoms with van der Waals surface area (Å²) in [4.78, 5) is 5.59. The molecular formula is C14H15ClN4S. The van der Waals surface area contributed by atoms with Crippen LogP contribution in [0.3, 0.4) is 0 Å². The van der Waals surface area contributed by atoms with Crippen LogP contribution in [0.2, 0.25) is 5.02 Å². The molecule has 3 N–H and O–H groups in total. The van der Waals surface area contributed by atoms with E-state index < -0.39 is 0 Å². The predicted molar refractivity (Wildman–Crippen MR) is 83.0 cm³/mol. The molecule has 1 aromatic carbocycles. The summed E-state index contributed by atoms with van der Waals surface area (Å²) < 4.78 is 2.03. The maximum absolute atomic E-state index is 6.06. The van der Waals surface area contributed by atoms with E-state index in [0.717, 1.165) is 33.2 Å². The van der Waals surface area contributed by atoms with Crippen molar-refractivity contribution in [3.05, 3.63) is 57.8 Å². The van der Waals surface area contributed by atoms with Crippen molar-refractivity contribution in [2.45, 2.75) is 19.4 Å². The molecule has 6 heteroatoms. The van der Waals surface area contributed by atoms with Gasteiger partial charge in [-0.2, -0.15) is 0 Å². The van der Waals surface area contributed by atoms with E-state index in [4.69, 9.17) is 17.4 Å². The minimum absolute atomic E-state index is 0.0237. The van der Waals surface area contributed by atoms with Crippen molar-refractivity contribution in [2.24, 2.45) is 5.84 Å². The van der Waals surface area contributed by atoms with Crippen LogP contribution in [0.1, 0.15) is 22.9 Å². The van der Waals surface area contributed by atoms with Gasteiger partial charge in [-0.15, -0.1) is 11.3 Å². The Morgan fingerprint density at radius 3 is 3.05 bits per heavy atom. The van der Waals surface area contributed by atoms with Gasteiger partial charge in [0.05, 0.1) is 11.7 Å². The van der Waals surface area contributed by atoms with Gasteiger partial charge in [0.15, 0.2) is 4.96 Å². The minimum atomic E-state index is 0.0237. The predicted octanol–water partition coefficient (Wildman–Crippen LogP) is 3.10. The zero-order valence-corrected chi connectivity index (χ0v) is 12.6. The molecule has 2 heterocycles. The molecule has 20 heavy (non-hydrogen) atoms. The van der Waals surface area contributed by atoms with E-state index in [1.165, 1.54) is 0 Å². The van der Waals surface area contributed by atoms with Gasteiger partial charge in [0.1, 0.15) is 0 Å². The second-order valence-corrected chi connectivity index (χ2v) is 6.04. The van der Waals surface area contributed by atoms with Crippen LogP contribution in [0.25, 0.3) is 4.96 Å². The van der Waals surface area contributed by atoms with Gasteiger partial charge in [-0.1, -0.05) is 23.7 Å². The molecule has 3 rings (SSSR count). The maximum atomic E-state index is 6.06. The van der Waals surface area contributed by atoms with Crippen LogP contribution in [-0.2, 0) is 6.42 Å². The molecule has 0 aliphatic rings. The van der Waals surface area contributed by atoms with Crippen LogP contribution in [0, 0.1) is 6.92 Å². The summed E-state index contributed by atoms with van der Waals surface area (Å²) in [7, 11) is 0. The molecular weight excluding hydrogens is 292 g/mol. The Labute approximate surface area is 126 Å². The third-order valence-electron chi connectivity index (χ3n) is 3.34. The number of fused-ring (bicyclic) bond motifs is 1. The van der Waals surface area contributed by atoms with Crippen molar-refractivity contribution in [3.8, 4) is 0 Å². The van der Waals surface area contributed by atoms with Crippen LogP contribution < -0.4 is 11.3 Å². The Kier molecular flexibility index (Phi) is 3.76. The third-order valence-corrected chi connectivity index (χ3v) is 4.54. The summed E-state index contributed by atoms with van der Waals surface area (Å²) in [6.07, 6.45) is 4.79. The highest BCUT2D eigenvalue weighted by Crippen LogP contribution is 2.23. The molecule has 104 valence electrons. The lowest BCUT2D eigenvalue weighted by Crippen LogP contribution is -2.29. The third kappa shape index (κ3) is 2.58. The molecule has 0 aliphatic heterocycles. The van der Waals surface area contributed by atoms with Gasteiger partial charge in [-0.05, 0) is 24.1 Å². The van der Waals surface area contributed by atoms with Gasteiger partial charge in [-0.25, -0.2) is 4.98 Å². The van der Waals surface area contributed by atoms with Crippen molar-refractivity contribution >= 4 is 27.9 Å². The largest absolute Gasteiger partial charge is 0.297 e. The maximum Gasteiger partial charge on any atom is 0.193 e. The highest BCUT2D eigenvalue weighted by molar-refractivity contribution is 7.15. The Bertz CT molecular complexity index is 705. The molecule has 0 fully saturated rings. The number of hydrogen-bond donors (Lipinski definition) is 2. The quantitative estimate of drug-likeness (QED) is 0.575. The van der Waals surface area contributed by atoms with E-state index in [9.17, 15) is 0 Å².